The van der Waals surface area contributed by atoms with Crippen molar-refractivity contribution in [3.8, 4) is 89.5 Å². The zero-order valence-corrected chi connectivity index (χ0v) is 33.1. The molecule has 0 fully saturated rings. The van der Waals surface area contributed by atoms with E-state index in [0.29, 0.717) is 12.4 Å². The van der Waals surface area contributed by atoms with Gasteiger partial charge in [0, 0.05) is 11.1 Å². The molecule has 0 aliphatic heterocycles. The minimum absolute atomic E-state index is 0.527. The van der Waals surface area contributed by atoms with Crippen molar-refractivity contribution in [2.24, 2.45) is 0 Å². The first kappa shape index (κ1) is 36.5. The van der Waals surface area contributed by atoms with Gasteiger partial charge in [-0.15, -0.1) is 0 Å². The van der Waals surface area contributed by atoms with E-state index in [9.17, 15) is 0 Å². The first-order chi connectivity index (χ1) is 29.7. The van der Waals surface area contributed by atoms with Crippen LogP contribution in [0.15, 0.2) is 237 Å². The second-order valence-electron chi connectivity index (χ2n) is 15.1. The highest BCUT2D eigenvalue weighted by Gasteiger charge is 2.17. The molecule has 0 unspecified atom stereocenters. The van der Waals surface area contributed by atoms with Crippen LogP contribution < -0.4 is 0 Å². The van der Waals surface area contributed by atoms with Crippen molar-refractivity contribution in [3.63, 3.8) is 0 Å². The highest BCUT2D eigenvalue weighted by atomic mass is 15.3. The highest BCUT2D eigenvalue weighted by molar-refractivity contribution is 5.86. The molecular weight excluding hydrogens is 727 g/mol. The molecule has 0 aliphatic carbocycles. The SMILES string of the molecule is c1ccc(-c2cc(-c3ccccc3)cc(-c3cc(Cn4nc(-c5ccccc5)nc4-c4ccccc4)cc(-c4cc(-c5ccccc5)cc(-c5ccccc5)c4)c3)c2)cc1. The second-order valence-corrected chi connectivity index (χ2v) is 15.1. The summed E-state index contributed by atoms with van der Waals surface area (Å²) in [5.74, 6) is 1.54. The smallest absolute Gasteiger partial charge is 0.181 e. The molecule has 0 N–H and O–H groups in total. The molecule has 9 aromatic carbocycles. The van der Waals surface area contributed by atoms with E-state index < -0.39 is 0 Å². The van der Waals surface area contributed by atoms with Gasteiger partial charge in [-0.3, -0.25) is 0 Å². The number of benzene rings is 9. The Balaban J connectivity index is 1.19. The third kappa shape index (κ3) is 7.85. The van der Waals surface area contributed by atoms with E-state index >= 15 is 0 Å². The maximum Gasteiger partial charge on any atom is 0.181 e. The molecule has 0 spiro atoms. The predicted molar refractivity (Wildman–Crippen MR) is 249 cm³/mol. The van der Waals surface area contributed by atoms with Crippen LogP contribution in [0.4, 0.5) is 0 Å². The highest BCUT2D eigenvalue weighted by Crippen LogP contribution is 2.38. The summed E-state index contributed by atoms with van der Waals surface area (Å²) in [5, 5.41) is 5.18. The lowest BCUT2D eigenvalue weighted by Crippen LogP contribution is -2.05. The number of rotatable bonds is 10. The molecule has 10 aromatic rings. The minimum Gasteiger partial charge on any atom is -0.241 e. The third-order valence-corrected chi connectivity index (χ3v) is 11.0. The van der Waals surface area contributed by atoms with Gasteiger partial charge in [-0.1, -0.05) is 182 Å². The molecule has 284 valence electrons. The fourth-order valence-electron chi connectivity index (χ4n) is 8.03. The summed E-state index contributed by atoms with van der Waals surface area (Å²) in [4.78, 5) is 5.14. The van der Waals surface area contributed by atoms with E-state index in [2.05, 4.69) is 217 Å². The molecule has 1 heterocycles. The van der Waals surface area contributed by atoms with Gasteiger partial charge in [-0.2, -0.15) is 5.10 Å². The van der Waals surface area contributed by atoms with Gasteiger partial charge >= 0.3 is 0 Å². The van der Waals surface area contributed by atoms with Gasteiger partial charge < -0.3 is 0 Å². The quantitative estimate of drug-likeness (QED) is 0.139. The first-order valence-corrected chi connectivity index (χ1v) is 20.4. The lowest BCUT2D eigenvalue weighted by molar-refractivity contribution is 0.695. The van der Waals surface area contributed by atoms with Gasteiger partial charge in [0.05, 0.1) is 6.54 Å². The van der Waals surface area contributed by atoms with Crippen molar-refractivity contribution in [2.75, 3.05) is 0 Å². The molecule has 0 radical (unpaired) electrons. The summed E-state index contributed by atoms with van der Waals surface area (Å²) >= 11 is 0. The summed E-state index contributed by atoms with van der Waals surface area (Å²) in [6.45, 7) is 0.527. The lowest BCUT2D eigenvalue weighted by Gasteiger charge is -2.16. The molecule has 3 heteroatoms. The number of hydrogen-bond acceptors (Lipinski definition) is 2. The summed E-state index contributed by atoms with van der Waals surface area (Å²) in [5.41, 5.74) is 17.1. The fourth-order valence-corrected chi connectivity index (χ4v) is 8.03. The van der Waals surface area contributed by atoms with E-state index in [1.54, 1.807) is 0 Å². The van der Waals surface area contributed by atoms with Crippen molar-refractivity contribution in [1.82, 2.24) is 14.8 Å². The Labute approximate surface area is 351 Å². The Hall–Kier alpha value is -7.88. The van der Waals surface area contributed by atoms with E-state index in [1.807, 2.05) is 24.3 Å². The van der Waals surface area contributed by atoms with Crippen LogP contribution in [0.2, 0.25) is 0 Å². The van der Waals surface area contributed by atoms with Crippen LogP contribution in [0.25, 0.3) is 89.5 Å². The van der Waals surface area contributed by atoms with Crippen LogP contribution in [0.1, 0.15) is 5.56 Å². The van der Waals surface area contributed by atoms with Gasteiger partial charge in [-0.25, -0.2) is 9.67 Å². The van der Waals surface area contributed by atoms with E-state index in [0.717, 1.165) is 44.8 Å². The van der Waals surface area contributed by atoms with E-state index in [1.165, 1.54) is 44.5 Å². The van der Waals surface area contributed by atoms with Crippen LogP contribution in [-0.2, 0) is 6.54 Å². The zero-order valence-electron chi connectivity index (χ0n) is 33.1. The van der Waals surface area contributed by atoms with Gasteiger partial charge in [0.2, 0.25) is 0 Å². The number of aromatic nitrogens is 3. The van der Waals surface area contributed by atoms with Crippen molar-refractivity contribution in [2.45, 2.75) is 6.54 Å². The Morgan fingerprint density at radius 1 is 0.267 bits per heavy atom. The lowest BCUT2D eigenvalue weighted by atomic mass is 9.89. The zero-order chi connectivity index (χ0) is 40.1. The number of hydrogen-bond donors (Lipinski definition) is 0. The van der Waals surface area contributed by atoms with Gasteiger partial charge in [0.15, 0.2) is 11.6 Å². The Bertz CT molecular complexity index is 2750. The van der Waals surface area contributed by atoms with E-state index in [-0.39, 0.29) is 0 Å². The maximum atomic E-state index is 5.18. The fraction of sp³-hybridized carbons (Fsp3) is 0.0175. The molecule has 0 bridgehead atoms. The van der Waals surface area contributed by atoms with Gasteiger partial charge in [-0.05, 0) is 127 Å². The monoisotopic (exact) mass is 767 g/mol. The van der Waals surface area contributed by atoms with Crippen LogP contribution in [0.3, 0.4) is 0 Å². The molecule has 0 amide bonds. The Morgan fingerprint density at radius 3 is 0.867 bits per heavy atom. The molecule has 0 atom stereocenters. The second kappa shape index (κ2) is 16.5. The summed E-state index contributed by atoms with van der Waals surface area (Å²) in [6.07, 6.45) is 0. The Morgan fingerprint density at radius 2 is 0.533 bits per heavy atom. The summed E-state index contributed by atoms with van der Waals surface area (Å²) < 4.78 is 2.06. The molecule has 3 nitrogen and oxygen atoms in total. The molecule has 60 heavy (non-hydrogen) atoms. The molecule has 0 saturated carbocycles. The van der Waals surface area contributed by atoms with Crippen LogP contribution in [-0.4, -0.2) is 14.8 Å². The summed E-state index contributed by atoms with van der Waals surface area (Å²) in [7, 11) is 0. The standard InChI is InChI=1S/C57H41N3/c1-7-19-42(20-8-1)50-34-51(43-21-9-2-10-22-43)37-54(36-50)48-31-41(40-60-57(47-29-17-6-18-30-47)58-56(59-60)46-27-15-5-16-28-46)32-49(33-48)55-38-52(44-23-11-3-12-24-44)35-53(39-55)45-25-13-4-14-26-45/h1-39H,40H2. The molecular formula is C57H41N3. The summed E-state index contributed by atoms with van der Waals surface area (Å²) in [6, 6.07) is 84.3. The molecule has 0 aliphatic rings. The van der Waals surface area contributed by atoms with Crippen molar-refractivity contribution in [3.05, 3.63) is 242 Å². The maximum absolute atomic E-state index is 5.18. The normalized spacial score (nSPS) is 11.1. The number of nitrogens with zero attached hydrogens (tertiary/aromatic N) is 3. The predicted octanol–water partition coefficient (Wildman–Crippen LogP) is 14.7. The average molecular weight is 768 g/mol. The van der Waals surface area contributed by atoms with Crippen LogP contribution in [0, 0.1) is 0 Å². The Kier molecular flexibility index (Phi) is 10.0. The van der Waals surface area contributed by atoms with Crippen LogP contribution in [0.5, 0.6) is 0 Å². The average Bonchev–Trinajstić information content (AvgIpc) is 3.76. The van der Waals surface area contributed by atoms with Gasteiger partial charge in [0.1, 0.15) is 0 Å². The van der Waals surface area contributed by atoms with Crippen molar-refractivity contribution < 1.29 is 0 Å². The first-order valence-electron chi connectivity index (χ1n) is 20.4. The topological polar surface area (TPSA) is 30.7 Å². The molecule has 0 saturated heterocycles. The third-order valence-electron chi connectivity index (χ3n) is 11.0. The van der Waals surface area contributed by atoms with Crippen molar-refractivity contribution >= 4 is 0 Å². The van der Waals surface area contributed by atoms with Crippen LogP contribution >= 0.6 is 0 Å². The molecule has 10 rings (SSSR count). The largest absolute Gasteiger partial charge is 0.241 e. The molecule has 1 aromatic heterocycles. The minimum atomic E-state index is 0.527. The van der Waals surface area contributed by atoms with Gasteiger partial charge in [0.25, 0.3) is 0 Å². The van der Waals surface area contributed by atoms with Crippen molar-refractivity contribution in [1.29, 1.82) is 0 Å². The van der Waals surface area contributed by atoms with E-state index in [4.69, 9.17) is 10.1 Å².